The zero-order valence-corrected chi connectivity index (χ0v) is 25.1. The van der Waals surface area contributed by atoms with Gasteiger partial charge in [-0.15, -0.1) is 10.2 Å². The molecule has 3 heterocycles. The molecule has 3 aromatic heterocycles. The second-order valence-electron chi connectivity index (χ2n) is 12.0. The Balaban J connectivity index is 1.37. The quantitative estimate of drug-likeness (QED) is 0.199. The first-order valence-electron chi connectivity index (χ1n) is 14.6. The fraction of sp³-hybridized carbons (Fsp3) is 0.229. The normalized spacial score (nSPS) is 14.6. The van der Waals surface area contributed by atoms with E-state index in [1.54, 1.807) is 18.5 Å². The third-order valence-corrected chi connectivity index (χ3v) is 7.85. The molecule has 1 aliphatic rings. The first kappa shape index (κ1) is 28.8. The fourth-order valence-corrected chi connectivity index (χ4v) is 5.47. The summed E-state index contributed by atoms with van der Waals surface area (Å²) in [7, 11) is 0. The van der Waals surface area contributed by atoms with Crippen LogP contribution in [0.5, 0.6) is 0 Å². The van der Waals surface area contributed by atoms with E-state index in [1.807, 2.05) is 73.8 Å². The Bertz CT molecular complexity index is 1850. The van der Waals surface area contributed by atoms with Crippen LogP contribution in [0.1, 0.15) is 62.3 Å². The minimum atomic E-state index is -0.562. The van der Waals surface area contributed by atoms with E-state index < -0.39 is 17.2 Å². The van der Waals surface area contributed by atoms with Crippen molar-refractivity contribution >= 4 is 34.7 Å². The molecule has 0 bridgehead atoms. The number of carbonyl (C=O) groups is 1. The Hall–Kier alpha value is -5.31. The molecule has 2 aromatic carbocycles. The number of pyridine rings is 1. The number of benzene rings is 2. The number of nitrogens with one attached hydrogen (secondary N) is 1. The molecule has 1 fully saturated rings. The van der Waals surface area contributed by atoms with E-state index in [1.165, 1.54) is 0 Å². The van der Waals surface area contributed by atoms with Crippen LogP contribution in [-0.2, 0) is 10.3 Å². The Morgan fingerprint density at radius 2 is 1.68 bits per heavy atom. The highest BCUT2D eigenvalue weighted by molar-refractivity contribution is 6.11. The van der Waals surface area contributed by atoms with E-state index in [0.717, 1.165) is 47.1 Å². The lowest BCUT2D eigenvalue weighted by Gasteiger charge is -2.43. The predicted molar refractivity (Wildman–Crippen MR) is 173 cm³/mol. The van der Waals surface area contributed by atoms with E-state index in [4.69, 9.17) is 10.5 Å². The van der Waals surface area contributed by atoms with Gasteiger partial charge < -0.3 is 15.8 Å². The third-order valence-electron chi connectivity index (χ3n) is 7.85. The van der Waals surface area contributed by atoms with Crippen molar-refractivity contribution in [2.75, 3.05) is 5.73 Å². The van der Waals surface area contributed by atoms with E-state index in [2.05, 4.69) is 56.3 Å². The van der Waals surface area contributed by atoms with Gasteiger partial charge in [0, 0.05) is 29.8 Å². The van der Waals surface area contributed by atoms with Crippen LogP contribution in [0.15, 0.2) is 91.9 Å². The second kappa shape index (κ2) is 11.4. The van der Waals surface area contributed by atoms with Crippen molar-refractivity contribution in [3.8, 4) is 11.6 Å². The highest BCUT2D eigenvalue weighted by Gasteiger charge is 2.41. The number of amides is 1. The number of rotatable bonds is 7. The molecule has 1 amide bonds. The van der Waals surface area contributed by atoms with E-state index in [-0.39, 0.29) is 0 Å². The van der Waals surface area contributed by atoms with Gasteiger partial charge in [-0.25, -0.2) is 14.8 Å². The standard InChI is InChI=1S/C35H35N7O2/c1-23(24-12-14-26(15-13-24)35(17-8-18-35)39-33(43)44-34(2,3)4)27(25-10-6-5-7-11-25)22-28-29(36)16-21-42-31(28)40-41-32(42)30-37-19-9-20-38-30/h5-7,9-16,19-22H,1,8,17-18,36H2,2-4H3,(H,39,43)/b27-22+. The zero-order chi connectivity index (χ0) is 30.9. The van der Waals surface area contributed by atoms with Gasteiger partial charge in [0.15, 0.2) is 11.5 Å². The number of alkyl carbamates (subject to hydrolysis) is 1. The molecule has 0 radical (unpaired) electrons. The second-order valence-corrected chi connectivity index (χ2v) is 12.0. The zero-order valence-electron chi connectivity index (χ0n) is 25.1. The summed E-state index contributed by atoms with van der Waals surface area (Å²) >= 11 is 0. The van der Waals surface area contributed by atoms with E-state index >= 15 is 0 Å². The van der Waals surface area contributed by atoms with Crippen molar-refractivity contribution in [3.63, 3.8) is 0 Å². The topological polar surface area (TPSA) is 120 Å². The smallest absolute Gasteiger partial charge is 0.408 e. The summed E-state index contributed by atoms with van der Waals surface area (Å²) in [5.41, 5.74) is 12.1. The monoisotopic (exact) mass is 585 g/mol. The molecule has 9 heteroatoms. The molecule has 44 heavy (non-hydrogen) atoms. The molecular weight excluding hydrogens is 550 g/mol. The molecule has 9 nitrogen and oxygen atoms in total. The lowest BCUT2D eigenvalue weighted by Crippen LogP contribution is -2.52. The summed E-state index contributed by atoms with van der Waals surface area (Å²) in [6.07, 6.45) is 9.54. The maximum Gasteiger partial charge on any atom is 0.408 e. The van der Waals surface area contributed by atoms with Crippen LogP contribution in [0, 0.1) is 0 Å². The van der Waals surface area contributed by atoms with Crippen LogP contribution >= 0.6 is 0 Å². The number of hydrogen-bond donors (Lipinski definition) is 2. The largest absolute Gasteiger partial charge is 0.444 e. The summed E-state index contributed by atoms with van der Waals surface area (Å²) in [6.45, 7) is 10.1. The van der Waals surface area contributed by atoms with Gasteiger partial charge in [0.1, 0.15) is 5.60 Å². The average molecular weight is 586 g/mol. The predicted octanol–water partition coefficient (Wildman–Crippen LogP) is 6.93. The van der Waals surface area contributed by atoms with Crippen LogP contribution in [0.4, 0.5) is 10.5 Å². The number of ether oxygens (including phenoxy) is 1. The summed E-state index contributed by atoms with van der Waals surface area (Å²) < 4.78 is 7.40. The first-order valence-corrected chi connectivity index (χ1v) is 14.6. The maximum absolute atomic E-state index is 12.7. The van der Waals surface area contributed by atoms with Gasteiger partial charge in [-0.2, -0.15) is 0 Å². The molecule has 1 aliphatic carbocycles. The van der Waals surface area contributed by atoms with Crippen molar-refractivity contribution in [3.05, 3.63) is 114 Å². The van der Waals surface area contributed by atoms with E-state index in [9.17, 15) is 4.79 Å². The molecule has 0 unspecified atom stereocenters. The van der Waals surface area contributed by atoms with Gasteiger partial charge in [-0.3, -0.25) is 4.40 Å². The summed E-state index contributed by atoms with van der Waals surface area (Å²) in [5, 5.41) is 12.0. The van der Waals surface area contributed by atoms with Gasteiger partial charge >= 0.3 is 6.09 Å². The molecular formula is C35H35N7O2. The van der Waals surface area contributed by atoms with Gasteiger partial charge in [0.25, 0.3) is 0 Å². The fourth-order valence-electron chi connectivity index (χ4n) is 5.47. The van der Waals surface area contributed by atoms with Gasteiger partial charge in [-0.1, -0.05) is 61.2 Å². The molecule has 0 atom stereocenters. The van der Waals surface area contributed by atoms with Crippen LogP contribution in [0.3, 0.4) is 0 Å². The van der Waals surface area contributed by atoms with Crippen LogP contribution < -0.4 is 11.1 Å². The number of carbonyl (C=O) groups excluding carboxylic acids is 1. The molecule has 0 spiro atoms. The maximum atomic E-state index is 12.7. The molecule has 222 valence electrons. The molecule has 5 aromatic rings. The van der Waals surface area contributed by atoms with Gasteiger partial charge in [0.05, 0.1) is 5.54 Å². The third kappa shape index (κ3) is 5.68. The lowest BCUT2D eigenvalue weighted by molar-refractivity contribution is 0.0377. The highest BCUT2D eigenvalue weighted by atomic mass is 16.6. The Morgan fingerprint density at radius 1 is 0.977 bits per heavy atom. The van der Waals surface area contributed by atoms with Crippen LogP contribution in [-0.4, -0.2) is 36.3 Å². The van der Waals surface area contributed by atoms with Crippen molar-refractivity contribution in [2.45, 2.75) is 51.2 Å². The Kier molecular flexibility index (Phi) is 7.47. The van der Waals surface area contributed by atoms with Gasteiger partial charge in [-0.05, 0) is 86.1 Å². The number of nitrogens with zero attached hydrogens (tertiary/aromatic N) is 5. The molecule has 0 aliphatic heterocycles. The summed E-state index contributed by atoms with van der Waals surface area (Å²) in [5.74, 6) is 0.994. The average Bonchev–Trinajstić information content (AvgIpc) is 3.43. The number of fused-ring (bicyclic) bond motifs is 1. The van der Waals surface area contributed by atoms with Crippen molar-refractivity contribution in [1.29, 1.82) is 0 Å². The molecule has 0 saturated heterocycles. The SMILES string of the molecule is C=C(/C(=C\c1c(N)ccn2c(-c3ncccn3)nnc12)c1ccccc1)c1ccc(C2(NC(=O)OC(C)(C)C)CCC2)cc1. The molecule has 3 N–H and O–H groups in total. The number of nitrogens with two attached hydrogens (primary N) is 1. The number of anilines is 1. The highest BCUT2D eigenvalue weighted by Crippen LogP contribution is 2.42. The number of nitrogen functional groups attached to an aromatic ring is 1. The summed E-state index contributed by atoms with van der Waals surface area (Å²) in [6, 6.07) is 21.9. The van der Waals surface area contributed by atoms with Crippen LogP contribution in [0.2, 0.25) is 0 Å². The molecule has 6 rings (SSSR count). The minimum absolute atomic E-state index is 0.401. The van der Waals surface area contributed by atoms with Crippen LogP contribution in [0.25, 0.3) is 34.5 Å². The van der Waals surface area contributed by atoms with Crippen molar-refractivity contribution in [2.24, 2.45) is 0 Å². The number of aromatic nitrogens is 5. The Morgan fingerprint density at radius 3 is 2.32 bits per heavy atom. The Labute approximate surface area is 256 Å². The number of hydrogen-bond acceptors (Lipinski definition) is 7. The molecule has 1 saturated carbocycles. The lowest BCUT2D eigenvalue weighted by atomic mass is 9.71. The van der Waals surface area contributed by atoms with Gasteiger partial charge in [0.2, 0.25) is 5.82 Å². The minimum Gasteiger partial charge on any atom is -0.444 e. The number of allylic oxidation sites excluding steroid dienone is 2. The summed E-state index contributed by atoms with van der Waals surface area (Å²) in [4.78, 5) is 21.3. The van der Waals surface area contributed by atoms with Crippen molar-refractivity contribution in [1.82, 2.24) is 29.9 Å². The first-order chi connectivity index (χ1) is 21.1. The van der Waals surface area contributed by atoms with Crippen molar-refractivity contribution < 1.29 is 9.53 Å². The van der Waals surface area contributed by atoms with E-state index in [0.29, 0.717) is 28.5 Å².